The van der Waals surface area contributed by atoms with Gasteiger partial charge in [0, 0.05) is 5.69 Å². The molecule has 0 saturated heterocycles. The van der Waals surface area contributed by atoms with E-state index in [1.807, 2.05) is 30.3 Å². The zero-order valence-corrected chi connectivity index (χ0v) is 14.7. The Morgan fingerprint density at radius 1 is 1.04 bits per heavy atom. The van der Waals surface area contributed by atoms with Crippen molar-refractivity contribution in [3.05, 3.63) is 89.9 Å². The maximum Gasteiger partial charge on any atom is 0.196 e. The highest BCUT2D eigenvalue weighted by Gasteiger charge is 2.11. The van der Waals surface area contributed by atoms with E-state index in [2.05, 4.69) is 46.8 Å². The Kier molecular flexibility index (Phi) is 6.06. The van der Waals surface area contributed by atoms with Crippen molar-refractivity contribution in [3.8, 4) is 0 Å². The van der Waals surface area contributed by atoms with Crippen LogP contribution in [0.25, 0.3) is 0 Å². The molecule has 0 spiro atoms. The molecule has 3 rings (SSSR count). The fourth-order valence-corrected chi connectivity index (χ4v) is 2.44. The van der Waals surface area contributed by atoms with Gasteiger partial charge in [-0.2, -0.15) is 0 Å². The molecule has 134 valence electrons. The van der Waals surface area contributed by atoms with Gasteiger partial charge in [-0.15, -0.1) is 0 Å². The number of hydrogen-bond donors (Lipinski definition) is 3. The molecule has 0 aliphatic rings. The van der Waals surface area contributed by atoms with Crippen molar-refractivity contribution in [2.75, 3.05) is 11.9 Å². The van der Waals surface area contributed by atoms with Crippen LogP contribution >= 0.6 is 0 Å². The van der Waals surface area contributed by atoms with Crippen LogP contribution < -0.4 is 10.6 Å². The van der Waals surface area contributed by atoms with E-state index in [9.17, 15) is 5.11 Å². The predicted molar refractivity (Wildman–Crippen MR) is 104 cm³/mol. The third-order valence-corrected chi connectivity index (χ3v) is 3.91. The van der Waals surface area contributed by atoms with E-state index in [1.165, 1.54) is 5.56 Å². The Morgan fingerprint density at radius 2 is 1.81 bits per heavy atom. The van der Waals surface area contributed by atoms with E-state index in [4.69, 9.17) is 4.42 Å². The van der Waals surface area contributed by atoms with Crippen LogP contribution in [0.5, 0.6) is 0 Å². The summed E-state index contributed by atoms with van der Waals surface area (Å²) in [7, 11) is 0. The van der Waals surface area contributed by atoms with Crippen molar-refractivity contribution < 1.29 is 9.52 Å². The average molecular weight is 349 g/mol. The van der Waals surface area contributed by atoms with Crippen LogP contribution in [0.1, 0.15) is 23.0 Å². The summed E-state index contributed by atoms with van der Waals surface area (Å²) in [4.78, 5) is 4.62. The number of hydrogen-bond acceptors (Lipinski definition) is 3. The van der Waals surface area contributed by atoms with Gasteiger partial charge in [-0.05, 0) is 36.8 Å². The molecule has 0 saturated carbocycles. The van der Waals surface area contributed by atoms with Gasteiger partial charge in [0.05, 0.1) is 19.4 Å². The topological polar surface area (TPSA) is 69.8 Å². The number of anilines is 1. The van der Waals surface area contributed by atoms with E-state index in [0.717, 1.165) is 11.3 Å². The van der Waals surface area contributed by atoms with Crippen molar-refractivity contribution >= 4 is 11.6 Å². The third-order valence-electron chi connectivity index (χ3n) is 3.91. The van der Waals surface area contributed by atoms with Gasteiger partial charge in [0.2, 0.25) is 0 Å². The average Bonchev–Trinajstić information content (AvgIpc) is 3.21. The number of aryl methyl sites for hydroxylation is 1. The highest BCUT2D eigenvalue weighted by molar-refractivity contribution is 5.93. The Hall–Kier alpha value is -3.05. The largest absolute Gasteiger partial charge is 0.467 e. The van der Waals surface area contributed by atoms with Gasteiger partial charge in [-0.25, -0.2) is 4.99 Å². The van der Waals surface area contributed by atoms with Crippen molar-refractivity contribution in [1.82, 2.24) is 5.32 Å². The van der Waals surface area contributed by atoms with Gasteiger partial charge in [0.1, 0.15) is 11.9 Å². The summed E-state index contributed by atoms with van der Waals surface area (Å²) in [5.74, 6) is 1.12. The molecule has 5 nitrogen and oxygen atoms in total. The van der Waals surface area contributed by atoms with E-state index >= 15 is 0 Å². The van der Waals surface area contributed by atoms with Crippen LogP contribution in [0.3, 0.4) is 0 Å². The maximum atomic E-state index is 10.2. The summed E-state index contributed by atoms with van der Waals surface area (Å²) < 4.78 is 5.24. The number of rotatable bonds is 6. The van der Waals surface area contributed by atoms with E-state index in [0.29, 0.717) is 24.8 Å². The van der Waals surface area contributed by atoms with Crippen LogP contribution in [-0.2, 0) is 6.54 Å². The lowest BCUT2D eigenvalue weighted by atomic mass is 10.1. The fraction of sp³-hybridized carbons (Fsp3) is 0.190. The SMILES string of the molecule is Cc1ccc(CN=C(NCC(O)c2ccco2)Nc2ccccc2)cc1. The summed E-state index contributed by atoms with van der Waals surface area (Å²) in [5.41, 5.74) is 3.27. The van der Waals surface area contributed by atoms with Crippen LogP contribution in [0.4, 0.5) is 5.69 Å². The third kappa shape index (κ3) is 5.22. The van der Waals surface area contributed by atoms with Gasteiger partial charge in [-0.1, -0.05) is 48.0 Å². The monoisotopic (exact) mass is 349 g/mol. The van der Waals surface area contributed by atoms with Crippen molar-refractivity contribution in [2.45, 2.75) is 19.6 Å². The van der Waals surface area contributed by atoms with Gasteiger partial charge < -0.3 is 20.2 Å². The van der Waals surface area contributed by atoms with Gasteiger partial charge in [0.25, 0.3) is 0 Å². The molecule has 26 heavy (non-hydrogen) atoms. The molecule has 0 aliphatic heterocycles. The highest BCUT2D eigenvalue weighted by Crippen LogP contribution is 2.12. The van der Waals surface area contributed by atoms with Crippen molar-refractivity contribution in [2.24, 2.45) is 4.99 Å². The minimum absolute atomic E-state index is 0.292. The minimum Gasteiger partial charge on any atom is -0.467 e. The van der Waals surface area contributed by atoms with Crippen molar-refractivity contribution in [3.63, 3.8) is 0 Å². The summed E-state index contributed by atoms with van der Waals surface area (Å²) in [6.45, 7) is 2.90. The molecule has 3 aromatic rings. The second-order valence-electron chi connectivity index (χ2n) is 6.05. The fourth-order valence-electron chi connectivity index (χ4n) is 2.44. The van der Waals surface area contributed by atoms with Crippen LogP contribution in [0.15, 0.2) is 82.4 Å². The van der Waals surface area contributed by atoms with E-state index in [1.54, 1.807) is 18.4 Å². The van der Waals surface area contributed by atoms with Gasteiger partial charge >= 0.3 is 0 Å². The standard InChI is InChI=1S/C21H23N3O2/c1-16-9-11-17(12-10-16)14-22-21(24-18-6-3-2-4-7-18)23-15-19(25)20-8-5-13-26-20/h2-13,19,25H,14-15H2,1H3,(H2,22,23,24). The molecule has 5 heteroatoms. The van der Waals surface area contributed by atoms with E-state index in [-0.39, 0.29) is 0 Å². The first-order valence-electron chi connectivity index (χ1n) is 8.58. The smallest absolute Gasteiger partial charge is 0.196 e. The lowest BCUT2D eigenvalue weighted by Gasteiger charge is -2.15. The number of guanidine groups is 1. The number of para-hydroxylation sites is 1. The molecular weight excluding hydrogens is 326 g/mol. The quantitative estimate of drug-likeness (QED) is 0.467. The van der Waals surface area contributed by atoms with Crippen LogP contribution in [0.2, 0.25) is 0 Å². The number of benzene rings is 2. The number of furan rings is 1. The lowest BCUT2D eigenvalue weighted by molar-refractivity contribution is 0.153. The molecule has 1 atom stereocenters. The minimum atomic E-state index is -0.743. The predicted octanol–water partition coefficient (Wildman–Crippen LogP) is 3.88. The van der Waals surface area contributed by atoms with Crippen LogP contribution in [0, 0.1) is 6.92 Å². The molecule has 0 fully saturated rings. The molecule has 0 amide bonds. The normalized spacial score (nSPS) is 12.6. The molecule has 0 bridgehead atoms. The summed E-state index contributed by atoms with van der Waals surface area (Å²) >= 11 is 0. The van der Waals surface area contributed by atoms with E-state index < -0.39 is 6.10 Å². The number of aliphatic imine (C=N–C) groups is 1. The molecule has 1 heterocycles. The summed E-state index contributed by atoms with van der Waals surface area (Å²) in [6.07, 6.45) is 0.805. The molecule has 1 unspecified atom stereocenters. The molecule has 0 radical (unpaired) electrons. The Morgan fingerprint density at radius 3 is 2.50 bits per heavy atom. The molecule has 1 aromatic heterocycles. The zero-order valence-electron chi connectivity index (χ0n) is 14.7. The van der Waals surface area contributed by atoms with Crippen LogP contribution in [-0.4, -0.2) is 17.6 Å². The van der Waals surface area contributed by atoms with Crippen molar-refractivity contribution in [1.29, 1.82) is 0 Å². The maximum absolute atomic E-state index is 10.2. The molecular formula is C21H23N3O2. The highest BCUT2D eigenvalue weighted by atomic mass is 16.4. The Bertz CT molecular complexity index is 812. The lowest BCUT2D eigenvalue weighted by Crippen LogP contribution is -2.34. The second kappa shape index (κ2) is 8.87. The number of aliphatic hydroxyl groups is 1. The molecule has 3 N–H and O–H groups in total. The van der Waals surface area contributed by atoms with Gasteiger partial charge in [-0.3, -0.25) is 0 Å². The second-order valence-corrected chi connectivity index (χ2v) is 6.05. The van der Waals surface area contributed by atoms with Gasteiger partial charge in [0.15, 0.2) is 5.96 Å². The molecule has 2 aromatic carbocycles. The first-order chi connectivity index (χ1) is 12.7. The number of nitrogens with zero attached hydrogens (tertiary/aromatic N) is 1. The Labute approximate surface area is 153 Å². The number of aliphatic hydroxyl groups excluding tert-OH is 1. The number of nitrogens with one attached hydrogen (secondary N) is 2. The molecule has 0 aliphatic carbocycles. The summed E-state index contributed by atoms with van der Waals surface area (Å²) in [5, 5.41) is 16.6. The zero-order chi connectivity index (χ0) is 18.2. The summed E-state index contributed by atoms with van der Waals surface area (Å²) in [6, 6.07) is 21.6. The Balaban J connectivity index is 1.68. The first-order valence-corrected chi connectivity index (χ1v) is 8.58. The first kappa shape index (κ1) is 17.8.